The van der Waals surface area contributed by atoms with E-state index in [1.807, 2.05) is 30.3 Å². The molecule has 0 aliphatic carbocycles. The van der Waals surface area contributed by atoms with Crippen molar-refractivity contribution < 1.29 is 24.3 Å². The van der Waals surface area contributed by atoms with Crippen LogP contribution in [0.3, 0.4) is 0 Å². The smallest absolute Gasteiger partial charge is 0.326 e. The fraction of sp³-hybridized carbons (Fsp3) is 0.474. The highest BCUT2D eigenvalue weighted by Gasteiger charge is 2.38. The molecule has 0 bridgehead atoms. The molecule has 1 aromatic carbocycles. The Balaban J connectivity index is 2.17. The van der Waals surface area contributed by atoms with E-state index in [1.54, 1.807) is 0 Å². The standard InChI is InChI=1S/C19H26N4O5/c1-12(21-16(24)11-20)17(25)22-14(10-13-6-3-2-4-7-13)18(26)23-9-5-8-15(23)19(27)28/h2-4,6-7,12,14-15H,5,8-11,20H2,1H3,(H,21,24)(H,22,25)(H,27,28). The maximum atomic E-state index is 13.0. The van der Waals surface area contributed by atoms with Crippen molar-refractivity contribution in [3.63, 3.8) is 0 Å². The van der Waals surface area contributed by atoms with Crippen molar-refractivity contribution in [3.8, 4) is 0 Å². The Hall–Kier alpha value is -2.94. The number of aliphatic carboxylic acids is 1. The molecule has 0 saturated carbocycles. The number of nitrogens with one attached hydrogen (secondary N) is 2. The van der Waals surface area contributed by atoms with E-state index in [0.717, 1.165) is 5.56 Å². The third-order valence-electron chi connectivity index (χ3n) is 4.67. The van der Waals surface area contributed by atoms with E-state index in [9.17, 15) is 24.3 Å². The molecule has 0 radical (unpaired) electrons. The minimum absolute atomic E-state index is 0.214. The highest BCUT2D eigenvalue weighted by Crippen LogP contribution is 2.19. The van der Waals surface area contributed by atoms with Crippen LogP contribution in [0.4, 0.5) is 0 Å². The van der Waals surface area contributed by atoms with E-state index < -0.39 is 41.8 Å². The van der Waals surface area contributed by atoms with Crippen LogP contribution in [0.1, 0.15) is 25.3 Å². The van der Waals surface area contributed by atoms with Gasteiger partial charge in [-0.1, -0.05) is 30.3 Å². The Morgan fingerprint density at radius 3 is 2.50 bits per heavy atom. The van der Waals surface area contributed by atoms with Gasteiger partial charge in [0.15, 0.2) is 0 Å². The maximum Gasteiger partial charge on any atom is 0.326 e. The fourth-order valence-corrected chi connectivity index (χ4v) is 3.20. The van der Waals surface area contributed by atoms with E-state index in [0.29, 0.717) is 19.4 Å². The molecular weight excluding hydrogens is 364 g/mol. The first-order chi connectivity index (χ1) is 13.3. The van der Waals surface area contributed by atoms with Crippen LogP contribution in [-0.2, 0) is 25.6 Å². The predicted octanol–water partition coefficient (Wildman–Crippen LogP) is -0.747. The Morgan fingerprint density at radius 2 is 1.89 bits per heavy atom. The first-order valence-corrected chi connectivity index (χ1v) is 9.20. The van der Waals surface area contributed by atoms with Gasteiger partial charge in [-0.2, -0.15) is 0 Å². The molecule has 1 aliphatic rings. The van der Waals surface area contributed by atoms with E-state index in [-0.39, 0.29) is 13.0 Å². The summed E-state index contributed by atoms with van der Waals surface area (Å²) in [7, 11) is 0. The number of hydrogen-bond donors (Lipinski definition) is 4. The molecule has 2 rings (SSSR count). The number of rotatable bonds is 8. The van der Waals surface area contributed by atoms with Crippen LogP contribution in [0.15, 0.2) is 30.3 Å². The van der Waals surface area contributed by atoms with Crippen molar-refractivity contribution in [3.05, 3.63) is 35.9 Å². The molecule has 1 fully saturated rings. The van der Waals surface area contributed by atoms with Gasteiger partial charge in [-0.3, -0.25) is 14.4 Å². The van der Waals surface area contributed by atoms with Crippen molar-refractivity contribution in [2.75, 3.05) is 13.1 Å². The number of carboxylic acid groups (broad SMARTS) is 1. The second-order valence-electron chi connectivity index (χ2n) is 6.77. The molecular formula is C19H26N4O5. The summed E-state index contributed by atoms with van der Waals surface area (Å²) < 4.78 is 0. The number of amides is 3. The topological polar surface area (TPSA) is 142 Å². The fourth-order valence-electron chi connectivity index (χ4n) is 3.20. The van der Waals surface area contributed by atoms with E-state index in [1.165, 1.54) is 11.8 Å². The van der Waals surface area contributed by atoms with Gasteiger partial charge >= 0.3 is 5.97 Å². The van der Waals surface area contributed by atoms with Gasteiger partial charge in [0.25, 0.3) is 0 Å². The molecule has 1 aliphatic heterocycles. The van der Waals surface area contributed by atoms with E-state index in [4.69, 9.17) is 5.73 Å². The lowest BCUT2D eigenvalue weighted by Gasteiger charge is -2.28. The van der Waals surface area contributed by atoms with Gasteiger partial charge < -0.3 is 26.4 Å². The van der Waals surface area contributed by atoms with Crippen LogP contribution in [0, 0.1) is 0 Å². The van der Waals surface area contributed by atoms with Gasteiger partial charge in [-0.25, -0.2) is 4.79 Å². The third-order valence-corrected chi connectivity index (χ3v) is 4.67. The van der Waals surface area contributed by atoms with Crippen LogP contribution in [-0.4, -0.2) is 64.9 Å². The number of carbonyl (C=O) groups excluding carboxylic acids is 3. The monoisotopic (exact) mass is 390 g/mol. The van der Waals surface area contributed by atoms with Crippen LogP contribution in [0.5, 0.6) is 0 Å². The molecule has 1 aromatic rings. The zero-order valence-electron chi connectivity index (χ0n) is 15.8. The molecule has 9 heteroatoms. The SMILES string of the molecule is CC(NC(=O)CN)C(=O)NC(Cc1ccccc1)C(=O)N1CCCC1C(=O)O. The Morgan fingerprint density at radius 1 is 1.21 bits per heavy atom. The van der Waals surface area contributed by atoms with Crippen LogP contribution >= 0.6 is 0 Å². The summed E-state index contributed by atoms with van der Waals surface area (Å²) in [4.78, 5) is 49.7. The highest BCUT2D eigenvalue weighted by atomic mass is 16.4. The average molecular weight is 390 g/mol. The van der Waals surface area contributed by atoms with Crippen LogP contribution in [0.25, 0.3) is 0 Å². The second-order valence-corrected chi connectivity index (χ2v) is 6.77. The van der Waals surface area contributed by atoms with Crippen molar-refractivity contribution in [2.45, 2.75) is 44.3 Å². The van der Waals surface area contributed by atoms with E-state index in [2.05, 4.69) is 10.6 Å². The largest absolute Gasteiger partial charge is 0.480 e. The lowest BCUT2D eigenvalue weighted by Crippen LogP contribution is -2.56. The summed E-state index contributed by atoms with van der Waals surface area (Å²) in [6, 6.07) is 6.41. The van der Waals surface area contributed by atoms with Gasteiger partial charge in [0.1, 0.15) is 18.1 Å². The van der Waals surface area contributed by atoms with Crippen molar-refractivity contribution >= 4 is 23.7 Å². The quantitative estimate of drug-likeness (QED) is 0.460. The summed E-state index contributed by atoms with van der Waals surface area (Å²) in [5, 5.41) is 14.5. The molecule has 0 spiro atoms. The van der Waals surface area contributed by atoms with Gasteiger partial charge in [0.05, 0.1) is 6.54 Å². The predicted molar refractivity (Wildman–Crippen MR) is 101 cm³/mol. The molecule has 152 valence electrons. The molecule has 0 aromatic heterocycles. The normalized spacial score (nSPS) is 18.2. The summed E-state index contributed by atoms with van der Waals surface area (Å²) in [6.45, 7) is 1.57. The van der Waals surface area contributed by atoms with Gasteiger partial charge in [0, 0.05) is 13.0 Å². The number of carbonyl (C=O) groups is 4. The first kappa shape index (κ1) is 21.4. The number of hydrogen-bond acceptors (Lipinski definition) is 5. The van der Waals surface area contributed by atoms with E-state index >= 15 is 0 Å². The lowest BCUT2D eigenvalue weighted by molar-refractivity contribution is -0.149. The number of likely N-dealkylation sites (tertiary alicyclic amines) is 1. The van der Waals surface area contributed by atoms with Crippen molar-refractivity contribution in [1.29, 1.82) is 0 Å². The number of carboxylic acids is 1. The minimum Gasteiger partial charge on any atom is -0.480 e. The molecule has 3 atom stereocenters. The van der Waals surface area contributed by atoms with Gasteiger partial charge in [-0.15, -0.1) is 0 Å². The number of nitrogens with two attached hydrogens (primary N) is 1. The summed E-state index contributed by atoms with van der Waals surface area (Å²) in [5.41, 5.74) is 6.06. The molecule has 28 heavy (non-hydrogen) atoms. The highest BCUT2D eigenvalue weighted by molar-refractivity contribution is 5.93. The zero-order valence-corrected chi connectivity index (χ0v) is 15.8. The number of benzene rings is 1. The molecule has 1 saturated heterocycles. The summed E-state index contributed by atoms with van der Waals surface area (Å²) in [6.07, 6.45) is 1.19. The van der Waals surface area contributed by atoms with Crippen molar-refractivity contribution in [1.82, 2.24) is 15.5 Å². The third kappa shape index (κ3) is 5.53. The Labute approximate surface area is 163 Å². The zero-order chi connectivity index (χ0) is 20.7. The summed E-state index contributed by atoms with van der Waals surface area (Å²) in [5.74, 6) is -2.53. The number of nitrogens with zero attached hydrogens (tertiary/aromatic N) is 1. The first-order valence-electron chi connectivity index (χ1n) is 9.20. The molecule has 3 unspecified atom stereocenters. The molecule has 9 nitrogen and oxygen atoms in total. The van der Waals surface area contributed by atoms with Crippen molar-refractivity contribution in [2.24, 2.45) is 5.73 Å². The van der Waals surface area contributed by atoms with Gasteiger partial charge in [0.2, 0.25) is 17.7 Å². The molecule has 1 heterocycles. The summed E-state index contributed by atoms with van der Waals surface area (Å²) >= 11 is 0. The van der Waals surface area contributed by atoms with Gasteiger partial charge in [-0.05, 0) is 25.3 Å². The lowest BCUT2D eigenvalue weighted by atomic mass is 10.0. The van der Waals surface area contributed by atoms with Crippen LogP contribution in [0.2, 0.25) is 0 Å². The second kappa shape index (κ2) is 9.84. The molecule has 5 N–H and O–H groups in total. The Kier molecular flexibility index (Phi) is 7.51. The molecule has 3 amide bonds. The Bertz CT molecular complexity index is 724. The van der Waals surface area contributed by atoms with Crippen LogP contribution < -0.4 is 16.4 Å². The average Bonchev–Trinajstić information content (AvgIpc) is 3.17. The maximum absolute atomic E-state index is 13.0. The minimum atomic E-state index is -1.06.